The normalized spacial score (nSPS) is 34.4. The molecule has 1 saturated heterocycles. The molecule has 4 aliphatic heterocycles. The molecule has 11 nitrogen and oxygen atoms in total. The van der Waals surface area contributed by atoms with E-state index in [9.17, 15) is 24.3 Å². The number of pyridine rings is 1. The summed E-state index contributed by atoms with van der Waals surface area (Å²) in [5, 5.41) is 17.1. The standard InChI is InChI=1S/C44H52N4O7S2/c1-4-43(15-5-6-16-43)20-31-29-9-8-28-27-13-17-44(38(28)37(29)41(52)54-31)32-10-7-24(2)40(46-21-25(3)49)57-56-23-47-33-19-26(14-18-45-33)30(36(27)39(44)42(53)55-32)22-48-34(50)11-12-35(48)51/h10-12,14,18-20,24-25,27-28,30,38,40,46,49H,4-9,13,15-17,21-23H2,1-3H3,(H,45,47)/t24-,25+,27-,28+,30+,38+,40+,44-/m1/s1. The second kappa shape index (κ2) is 15.2. The lowest BCUT2D eigenvalue weighted by atomic mass is 9.43. The molecule has 7 bridgehead atoms. The molecule has 0 aromatic carbocycles. The number of aliphatic hydroxyl groups is 1. The van der Waals surface area contributed by atoms with Crippen molar-refractivity contribution in [2.45, 2.75) is 102 Å². The minimum atomic E-state index is -0.915. The molecule has 0 radical (unpaired) electrons. The van der Waals surface area contributed by atoms with Gasteiger partial charge in [0.15, 0.2) is 0 Å². The second-order valence-electron chi connectivity index (χ2n) is 17.4. The Morgan fingerprint density at radius 2 is 1.89 bits per heavy atom. The maximum atomic E-state index is 14.8. The van der Waals surface area contributed by atoms with E-state index in [0.717, 1.165) is 54.6 Å². The molecule has 10 rings (SSSR count). The van der Waals surface area contributed by atoms with E-state index in [2.05, 4.69) is 41.6 Å². The fraction of sp³-hybridized carbons (Fsp3) is 0.568. The van der Waals surface area contributed by atoms with Crippen LogP contribution in [0.3, 0.4) is 0 Å². The van der Waals surface area contributed by atoms with Gasteiger partial charge in [-0.1, -0.05) is 48.3 Å². The number of carbonyl (C=O) groups excluding carboxylic acids is 4. The second-order valence-corrected chi connectivity index (χ2v) is 19.9. The van der Waals surface area contributed by atoms with Crippen molar-refractivity contribution in [3.8, 4) is 0 Å². The van der Waals surface area contributed by atoms with Crippen molar-refractivity contribution in [2.75, 3.05) is 24.3 Å². The summed E-state index contributed by atoms with van der Waals surface area (Å²) in [6.45, 7) is 6.66. The van der Waals surface area contributed by atoms with Crippen LogP contribution in [-0.2, 0) is 28.7 Å². The molecule has 1 aromatic heterocycles. The number of imide groups is 1. The zero-order chi connectivity index (χ0) is 39.6. The van der Waals surface area contributed by atoms with Gasteiger partial charge >= 0.3 is 11.9 Å². The zero-order valence-corrected chi connectivity index (χ0v) is 34.5. The highest BCUT2D eigenvalue weighted by molar-refractivity contribution is 8.76. The molecule has 13 heteroatoms. The molecule has 302 valence electrons. The van der Waals surface area contributed by atoms with Gasteiger partial charge in [-0.2, -0.15) is 0 Å². The number of hydrogen-bond donors (Lipinski definition) is 3. The monoisotopic (exact) mass is 812 g/mol. The SMILES string of the molecule is CCC1(C=C2OC(=O)C3=C2CC[C@@H]2[C@@H]3[C@]34CC[C@H]2C2=C3C(=O)OC4=CC[C@@H](C)[C@@H](NC[C@H](C)O)SSCNc3cc(ccn3)[C@@H]2CN2C(=O)C=CC2=O)CCCC1. The third-order valence-corrected chi connectivity index (χ3v) is 16.9. The summed E-state index contributed by atoms with van der Waals surface area (Å²) in [4.78, 5) is 61.5. The highest BCUT2D eigenvalue weighted by atomic mass is 33.1. The van der Waals surface area contributed by atoms with E-state index < -0.39 is 23.4 Å². The number of nitrogens with zero attached hydrogens (tertiary/aromatic N) is 2. The van der Waals surface area contributed by atoms with E-state index in [4.69, 9.17) is 9.47 Å². The summed E-state index contributed by atoms with van der Waals surface area (Å²) in [6, 6.07) is 3.90. The fourth-order valence-corrected chi connectivity index (χ4v) is 14.0. The van der Waals surface area contributed by atoms with Crippen LogP contribution >= 0.6 is 21.6 Å². The first-order chi connectivity index (χ1) is 27.5. The molecule has 57 heavy (non-hydrogen) atoms. The van der Waals surface area contributed by atoms with E-state index in [1.54, 1.807) is 34.7 Å². The first-order valence-electron chi connectivity index (χ1n) is 20.8. The van der Waals surface area contributed by atoms with Crippen LogP contribution in [0.25, 0.3) is 0 Å². The number of nitrogens with one attached hydrogen (secondary N) is 2. The van der Waals surface area contributed by atoms with Gasteiger partial charge in [0.1, 0.15) is 17.3 Å². The Bertz CT molecular complexity index is 2030. The van der Waals surface area contributed by atoms with E-state index in [-0.39, 0.29) is 58.8 Å². The number of aromatic nitrogens is 1. The number of aliphatic hydroxyl groups excluding tert-OH is 1. The molecule has 1 spiro atoms. The first-order valence-corrected chi connectivity index (χ1v) is 23.2. The van der Waals surface area contributed by atoms with Gasteiger partial charge in [-0.25, -0.2) is 14.6 Å². The van der Waals surface area contributed by atoms with Crippen molar-refractivity contribution in [1.29, 1.82) is 0 Å². The van der Waals surface area contributed by atoms with Gasteiger partial charge in [0.05, 0.1) is 28.3 Å². The average Bonchev–Trinajstić information content (AvgIpc) is 3.96. The van der Waals surface area contributed by atoms with Crippen molar-refractivity contribution < 1.29 is 33.8 Å². The zero-order valence-electron chi connectivity index (χ0n) is 32.9. The van der Waals surface area contributed by atoms with Gasteiger partial charge in [0.2, 0.25) is 0 Å². The Morgan fingerprint density at radius 3 is 2.65 bits per heavy atom. The van der Waals surface area contributed by atoms with Crippen molar-refractivity contribution in [3.63, 3.8) is 0 Å². The summed E-state index contributed by atoms with van der Waals surface area (Å²) in [5.41, 5.74) is 3.17. The lowest BCUT2D eigenvalue weighted by Gasteiger charge is -2.57. The molecule has 0 unspecified atom stereocenters. The minimum absolute atomic E-state index is 0.0152. The van der Waals surface area contributed by atoms with Crippen LogP contribution in [0.1, 0.15) is 96.5 Å². The van der Waals surface area contributed by atoms with Crippen LogP contribution in [0, 0.1) is 34.5 Å². The Hall–Kier alpha value is -3.65. The lowest BCUT2D eigenvalue weighted by molar-refractivity contribution is -0.137. The van der Waals surface area contributed by atoms with Crippen LogP contribution in [0.15, 0.2) is 76.4 Å². The third-order valence-electron chi connectivity index (χ3n) is 14.2. The van der Waals surface area contributed by atoms with Crippen LogP contribution in [0.4, 0.5) is 5.82 Å². The lowest BCUT2D eigenvalue weighted by Crippen LogP contribution is -2.53. The Balaban J connectivity index is 1.24. The molecule has 5 heterocycles. The van der Waals surface area contributed by atoms with Crippen LogP contribution in [0.5, 0.6) is 0 Å². The number of allylic oxidation sites excluding steroid dienone is 4. The molecular formula is C44H52N4O7S2. The largest absolute Gasteiger partial charge is 0.427 e. The maximum Gasteiger partial charge on any atom is 0.340 e. The van der Waals surface area contributed by atoms with Gasteiger partial charge < -0.3 is 25.2 Å². The highest BCUT2D eigenvalue weighted by Crippen LogP contribution is 2.72. The van der Waals surface area contributed by atoms with Gasteiger partial charge in [0, 0.05) is 54.4 Å². The number of esters is 2. The molecule has 8 atom stereocenters. The number of hydrogen-bond acceptors (Lipinski definition) is 12. The average molecular weight is 813 g/mol. The van der Waals surface area contributed by atoms with Gasteiger partial charge in [-0.05, 0) is 117 Å². The van der Waals surface area contributed by atoms with Crippen LogP contribution in [-0.4, -0.2) is 69.2 Å². The Kier molecular flexibility index (Phi) is 10.3. The predicted octanol–water partition coefficient (Wildman–Crippen LogP) is 7.06. The first kappa shape index (κ1) is 38.8. The van der Waals surface area contributed by atoms with Crippen molar-refractivity contribution in [3.05, 3.63) is 82.0 Å². The summed E-state index contributed by atoms with van der Waals surface area (Å²) in [6.07, 6.45) is 17.2. The number of anilines is 1. The molecule has 2 saturated carbocycles. The molecular weight excluding hydrogens is 761 g/mol. The molecule has 3 N–H and O–H groups in total. The molecule has 3 fully saturated rings. The summed E-state index contributed by atoms with van der Waals surface area (Å²) < 4.78 is 12.8. The van der Waals surface area contributed by atoms with Gasteiger partial charge in [-0.15, -0.1) is 0 Å². The van der Waals surface area contributed by atoms with Gasteiger partial charge in [0.25, 0.3) is 11.8 Å². The van der Waals surface area contributed by atoms with Crippen LogP contribution in [0.2, 0.25) is 0 Å². The van der Waals surface area contributed by atoms with Crippen molar-refractivity contribution >= 4 is 51.2 Å². The molecule has 5 aliphatic carbocycles. The minimum Gasteiger partial charge on any atom is -0.427 e. The number of cyclic esters (lactones) is 1. The Morgan fingerprint density at radius 1 is 1.11 bits per heavy atom. The Labute approximate surface area is 342 Å². The third kappa shape index (κ3) is 6.55. The van der Waals surface area contributed by atoms with E-state index in [1.807, 2.05) is 12.1 Å². The van der Waals surface area contributed by atoms with E-state index in [0.29, 0.717) is 54.4 Å². The summed E-state index contributed by atoms with van der Waals surface area (Å²) in [7, 11) is 3.33. The fourth-order valence-electron chi connectivity index (χ4n) is 11.5. The van der Waals surface area contributed by atoms with E-state index in [1.165, 1.54) is 29.9 Å². The number of fused-ring (bicyclic) bond motifs is 3. The molecule has 9 aliphatic rings. The number of rotatable bonds is 7. The quantitative estimate of drug-likeness (QED) is 0.147. The summed E-state index contributed by atoms with van der Waals surface area (Å²) >= 11 is 0. The summed E-state index contributed by atoms with van der Waals surface area (Å²) in [5.74, 6) is 0.276. The highest BCUT2D eigenvalue weighted by Gasteiger charge is 2.69. The predicted molar refractivity (Wildman–Crippen MR) is 219 cm³/mol. The molecule has 2 amide bonds. The van der Waals surface area contributed by atoms with Crippen LogP contribution < -0.4 is 10.6 Å². The number of ether oxygens (including phenoxy) is 2. The maximum absolute atomic E-state index is 14.8. The van der Waals surface area contributed by atoms with Crippen molar-refractivity contribution in [2.24, 2.45) is 34.5 Å². The van der Waals surface area contributed by atoms with Crippen molar-refractivity contribution in [1.82, 2.24) is 15.2 Å². The molecule has 1 aromatic rings. The smallest absolute Gasteiger partial charge is 0.340 e. The topological polar surface area (TPSA) is 147 Å². The van der Waals surface area contributed by atoms with E-state index >= 15 is 0 Å². The van der Waals surface area contributed by atoms with Gasteiger partial charge in [-0.3, -0.25) is 14.5 Å². The number of amides is 2. The number of carbonyl (C=O) groups is 4.